The van der Waals surface area contributed by atoms with Crippen LogP contribution in [0.4, 0.5) is 4.79 Å². The van der Waals surface area contributed by atoms with E-state index in [1.165, 1.54) is 11.7 Å². The predicted octanol–water partition coefficient (Wildman–Crippen LogP) is 6.50. The van der Waals surface area contributed by atoms with Crippen LogP contribution < -0.4 is 9.47 Å². The SMILES string of the molecule is CCCOc1ccc2c(c1)c(-c1ccc(C=O)cc1)c(OC(=O)OCC)n2Cc1ccc2nsnc2c1. The Kier molecular flexibility index (Phi) is 7.14. The number of rotatable bonds is 9. The van der Waals surface area contributed by atoms with E-state index in [0.717, 1.165) is 51.5 Å². The van der Waals surface area contributed by atoms with E-state index in [-0.39, 0.29) is 6.61 Å². The van der Waals surface area contributed by atoms with Gasteiger partial charge in [-0.1, -0.05) is 37.3 Å². The van der Waals surface area contributed by atoms with Gasteiger partial charge in [-0.05, 0) is 54.8 Å². The van der Waals surface area contributed by atoms with Gasteiger partial charge in [-0.2, -0.15) is 8.75 Å². The minimum atomic E-state index is -0.793. The highest BCUT2D eigenvalue weighted by atomic mass is 32.1. The van der Waals surface area contributed by atoms with E-state index in [1.54, 1.807) is 19.1 Å². The molecule has 37 heavy (non-hydrogen) atoms. The standard InChI is InChI=1S/C28H25N3O5S/c1-3-13-35-21-10-12-25-22(15-21)26(20-8-5-18(17-32)6-9-20)27(36-28(33)34-4-2)31(25)16-19-7-11-23-24(14-19)30-37-29-23/h5-12,14-15,17H,3-4,13,16H2,1-2H3. The van der Waals surface area contributed by atoms with Crippen molar-refractivity contribution >= 4 is 46.1 Å². The Morgan fingerprint density at radius 3 is 2.57 bits per heavy atom. The Morgan fingerprint density at radius 1 is 1.00 bits per heavy atom. The summed E-state index contributed by atoms with van der Waals surface area (Å²) in [7, 11) is 0. The van der Waals surface area contributed by atoms with Crippen molar-refractivity contribution in [3.05, 3.63) is 71.8 Å². The Labute approximate surface area is 217 Å². The van der Waals surface area contributed by atoms with Crippen molar-refractivity contribution in [1.82, 2.24) is 13.3 Å². The molecule has 0 radical (unpaired) electrons. The first-order chi connectivity index (χ1) is 18.1. The van der Waals surface area contributed by atoms with Crippen LogP contribution in [0.3, 0.4) is 0 Å². The Hall–Kier alpha value is -4.24. The quantitative estimate of drug-likeness (QED) is 0.163. The number of nitrogens with zero attached hydrogens (tertiary/aromatic N) is 3. The molecule has 0 bridgehead atoms. The third-order valence-electron chi connectivity index (χ3n) is 5.90. The van der Waals surface area contributed by atoms with Crippen LogP contribution in [-0.2, 0) is 11.3 Å². The van der Waals surface area contributed by atoms with Gasteiger partial charge >= 0.3 is 6.16 Å². The molecule has 0 saturated carbocycles. The monoisotopic (exact) mass is 515 g/mol. The molecule has 0 unspecified atom stereocenters. The molecule has 0 spiro atoms. The van der Waals surface area contributed by atoms with E-state index >= 15 is 0 Å². The number of fused-ring (bicyclic) bond motifs is 2. The van der Waals surface area contributed by atoms with E-state index in [4.69, 9.17) is 14.2 Å². The normalized spacial score (nSPS) is 11.1. The number of carbonyl (C=O) groups excluding carboxylic acids is 2. The molecule has 0 fully saturated rings. The van der Waals surface area contributed by atoms with Crippen LogP contribution in [0.1, 0.15) is 36.2 Å². The van der Waals surface area contributed by atoms with Gasteiger partial charge in [0.05, 0.1) is 42.6 Å². The number of aromatic nitrogens is 3. The van der Waals surface area contributed by atoms with Crippen LogP contribution in [0.15, 0.2) is 60.7 Å². The molecule has 0 N–H and O–H groups in total. The van der Waals surface area contributed by atoms with Gasteiger partial charge in [0.25, 0.3) is 0 Å². The van der Waals surface area contributed by atoms with Crippen molar-refractivity contribution in [2.24, 2.45) is 0 Å². The van der Waals surface area contributed by atoms with Gasteiger partial charge < -0.3 is 18.8 Å². The summed E-state index contributed by atoms with van der Waals surface area (Å²) in [5, 5.41) is 0.850. The third kappa shape index (κ3) is 5.03. The van der Waals surface area contributed by atoms with Crippen molar-refractivity contribution in [3.63, 3.8) is 0 Å². The number of carbonyl (C=O) groups is 2. The predicted molar refractivity (Wildman–Crippen MR) is 143 cm³/mol. The van der Waals surface area contributed by atoms with Crippen LogP contribution in [0.2, 0.25) is 0 Å². The minimum absolute atomic E-state index is 0.185. The molecule has 0 aliphatic heterocycles. The lowest BCUT2D eigenvalue weighted by atomic mass is 10.0. The second-order valence-corrected chi connectivity index (χ2v) is 8.93. The Bertz CT molecular complexity index is 1570. The third-order valence-corrected chi connectivity index (χ3v) is 6.45. The first kappa shape index (κ1) is 24.5. The lowest BCUT2D eigenvalue weighted by Gasteiger charge is -2.13. The second-order valence-electron chi connectivity index (χ2n) is 8.41. The largest absolute Gasteiger partial charge is 0.515 e. The van der Waals surface area contributed by atoms with Gasteiger partial charge in [0.15, 0.2) is 0 Å². The van der Waals surface area contributed by atoms with Crippen LogP contribution in [0.5, 0.6) is 11.6 Å². The number of aldehydes is 1. The molecule has 2 aromatic heterocycles. The maximum absolute atomic E-state index is 12.6. The molecule has 9 heteroatoms. The molecule has 0 aliphatic rings. The zero-order valence-corrected chi connectivity index (χ0v) is 21.3. The van der Waals surface area contributed by atoms with Crippen LogP contribution >= 0.6 is 11.7 Å². The summed E-state index contributed by atoms with van der Waals surface area (Å²) in [5.41, 5.74) is 5.53. The van der Waals surface area contributed by atoms with Gasteiger partial charge in [0, 0.05) is 10.9 Å². The van der Waals surface area contributed by atoms with E-state index in [9.17, 15) is 9.59 Å². The zero-order valence-electron chi connectivity index (χ0n) is 20.5. The highest BCUT2D eigenvalue weighted by Gasteiger charge is 2.24. The highest BCUT2D eigenvalue weighted by molar-refractivity contribution is 7.00. The molecule has 5 aromatic rings. The maximum Gasteiger partial charge on any atom is 0.515 e. The summed E-state index contributed by atoms with van der Waals surface area (Å²) in [6, 6.07) is 18.9. The molecule has 188 valence electrons. The second kappa shape index (κ2) is 10.8. The summed E-state index contributed by atoms with van der Waals surface area (Å²) >= 11 is 1.17. The van der Waals surface area contributed by atoms with Gasteiger partial charge in [-0.15, -0.1) is 0 Å². The highest BCUT2D eigenvalue weighted by Crippen LogP contribution is 2.42. The van der Waals surface area contributed by atoms with Gasteiger partial charge in [-0.3, -0.25) is 4.79 Å². The van der Waals surface area contributed by atoms with Crippen molar-refractivity contribution in [2.75, 3.05) is 13.2 Å². The number of ether oxygens (including phenoxy) is 3. The Morgan fingerprint density at radius 2 is 1.81 bits per heavy atom. The van der Waals surface area contributed by atoms with Crippen LogP contribution in [-0.4, -0.2) is 39.0 Å². The average molecular weight is 516 g/mol. The summed E-state index contributed by atoms with van der Waals surface area (Å²) in [5.74, 6) is 1.06. The number of hydrogen-bond acceptors (Lipinski definition) is 8. The molecular formula is C28H25N3O5S. The molecule has 0 atom stereocenters. The molecule has 0 saturated heterocycles. The first-order valence-corrected chi connectivity index (χ1v) is 12.7. The van der Waals surface area contributed by atoms with Crippen LogP contribution in [0, 0.1) is 0 Å². The Balaban J connectivity index is 1.72. The zero-order chi connectivity index (χ0) is 25.8. The van der Waals surface area contributed by atoms with E-state index < -0.39 is 6.16 Å². The fourth-order valence-corrected chi connectivity index (χ4v) is 4.74. The van der Waals surface area contributed by atoms with E-state index in [2.05, 4.69) is 15.7 Å². The molecule has 2 heterocycles. The minimum Gasteiger partial charge on any atom is -0.494 e. The average Bonchev–Trinajstić information content (AvgIpc) is 3.50. The molecular weight excluding hydrogens is 490 g/mol. The van der Waals surface area contributed by atoms with Crippen molar-refractivity contribution in [1.29, 1.82) is 0 Å². The topological polar surface area (TPSA) is 92.5 Å². The van der Waals surface area contributed by atoms with Gasteiger partial charge in [0.2, 0.25) is 5.88 Å². The summed E-state index contributed by atoms with van der Waals surface area (Å²) in [4.78, 5) is 23.8. The lowest BCUT2D eigenvalue weighted by molar-refractivity contribution is 0.101. The summed E-state index contributed by atoms with van der Waals surface area (Å²) in [6.45, 7) is 4.97. The first-order valence-electron chi connectivity index (χ1n) is 12.0. The summed E-state index contributed by atoms with van der Waals surface area (Å²) < 4.78 is 27.5. The van der Waals surface area contributed by atoms with Crippen molar-refractivity contribution < 1.29 is 23.8 Å². The molecule has 0 aliphatic carbocycles. The number of benzene rings is 3. The lowest BCUT2D eigenvalue weighted by Crippen LogP contribution is -2.14. The van der Waals surface area contributed by atoms with Gasteiger partial charge in [-0.25, -0.2) is 4.79 Å². The molecule has 8 nitrogen and oxygen atoms in total. The fourth-order valence-electron chi connectivity index (χ4n) is 4.23. The van der Waals surface area contributed by atoms with Crippen molar-refractivity contribution in [2.45, 2.75) is 26.8 Å². The molecule has 5 rings (SSSR count). The fraction of sp³-hybridized carbons (Fsp3) is 0.214. The van der Waals surface area contributed by atoms with Crippen molar-refractivity contribution in [3.8, 4) is 22.8 Å². The van der Waals surface area contributed by atoms with Gasteiger partial charge in [0.1, 0.15) is 23.1 Å². The summed E-state index contributed by atoms with van der Waals surface area (Å²) in [6.07, 6.45) is 0.881. The maximum atomic E-state index is 12.6. The number of hydrogen-bond donors (Lipinski definition) is 0. The molecule has 3 aromatic carbocycles. The smallest absolute Gasteiger partial charge is 0.494 e. The van der Waals surface area contributed by atoms with E-state index in [1.807, 2.05) is 53.1 Å². The van der Waals surface area contributed by atoms with E-state index in [0.29, 0.717) is 30.2 Å². The van der Waals surface area contributed by atoms with Crippen LogP contribution in [0.25, 0.3) is 33.1 Å². The molecule has 0 amide bonds.